The number of ether oxygens (including phenoxy) is 3. The molecule has 1 saturated heterocycles. The Hall–Kier alpha value is -2.90. The lowest BCUT2D eigenvalue weighted by Gasteiger charge is -2.34. The maximum atomic E-state index is 12.6. The molecule has 4 rings (SSSR count). The molecule has 0 radical (unpaired) electrons. The Morgan fingerprint density at radius 3 is 2.25 bits per heavy atom. The van der Waals surface area contributed by atoms with Crippen molar-refractivity contribution in [1.82, 2.24) is 4.90 Å². The van der Waals surface area contributed by atoms with Gasteiger partial charge in [-0.05, 0) is 22.3 Å². The van der Waals surface area contributed by atoms with Crippen molar-refractivity contribution in [3.05, 3.63) is 59.7 Å². The summed E-state index contributed by atoms with van der Waals surface area (Å²) in [7, 11) is 1.41. The quantitative estimate of drug-likeness (QED) is 0.874. The lowest BCUT2D eigenvalue weighted by atomic mass is 9.98. The van der Waals surface area contributed by atoms with Crippen LogP contribution in [0.1, 0.15) is 17.0 Å². The van der Waals surface area contributed by atoms with Crippen LogP contribution in [-0.4, -0.2) is 61.3 Å². The zero-order chi connectivity index (χ0) is 19.7. The second kappa shape index (κ2) is 7.61. The SMILES string of the molecule is CO[C@@H]1CN(C(=O)OCC2c3ccccc3-c3ccccc32)C[C@@H](C(=O)O)O1. The Balaban J connectivity index is 1.48. The first kappa shape index (κ1) is 18.5. The zero-order valence-corrected chi connectivity index (χ0v) is 15.4. The van der Waals surface area contributed by atoms with Crippen molar-refractivity contribution in [3.8, 4) is 11.1 Å². The van der Waals surface area contributed by atoms with Gasteiger partial charge in [-0.2, -0.15) is 0 Å². The minimum absolute atomic E-state index is 0.0501. The van der Waals surface area contributed by atoms with E-state index in [4.69, 9.17) is 14.2 Å². The van der Waals surface area contributed by atoms with E-state index in [1.807, 2.05) is 36.4 Å². The Kier molecular flexibility index (Phi) is 5.02. The highest BCUT2D eigenvalue weighted by Gasteiger charge is 2.36. The number of carboxylic acid groups (broad SMARTS) is 1. The van der Waals surface area contributed by atoms with Gasteiger partial charge in [0.25, 0.3) is 0 Å². The normalized spacial score (nSPS) is 21.1. The molecule has 0 unspecified atom stereocenters. The van der Waals surface area contributed by atoms with Gasteiger partial charge in [-0.1, -0.05) is 48.5 Å². The maximum Gasteiger partial charge on any atom is 0.410 e. The van der Waals surface area contributed by atoms with Gasteiger partial charge in [-0.15, -0.1) is 0 Å². The molecule has 1 amide bonds. The fourth-order valence-corrected chi connectivity index (χ4v) is 3.82. The lowest BCUT2D eigenvalue weighted by Crippen LogP contribution is -2.53. The number of rotatable bonds is 4. The molecule has 28 heavy (non-hydrogen) atoms. The van der Waals surface area contributed by atoms with Crippen LogP contribution in [0.25, 0.3) is 11.1 Å². The summed E-state index contributed by atoms with van der Waals surface area (Å²) in [6, 6.07) is 16.2. The van der Waals surface area contributed by atoms with Crippen LogP contribution >= 0.6 is 0 Å². The molecular formula is C21H21NO6. The molecule has 0 bridgehead atoms. The van der Waals surface area contributed by atoms with Gasteiger partial charge in [-0.25, -0.2) is 9.59 Å². The molecule has 1 N–H and O–H groups in total. The number of methoxy groups -OCH3 is 1. The van der Waals surface area contributed by atoms with E-state index in [1.54, 1.807) is 0 Å². The number of morpholine rings is 1. The van der Waals surface area contributed by atoms with Crippen molar-refractivity contribution < 1.29 is 28.9 Å². The van der Waals surface area contributed by atoms with Gasteiger partial charge in [-0.3, -0.25) is 4.90 Å². The predicted octanol–water partition coefficient (Wildman–Crippen LogP) is 2.69. The maximum absolute atomic E-state index is 12.6. The summed E-state index contributed by atoms with van der Waals surface area (Å²) in [5.74, 6) is -1.19. The third-order valence-electron chi connectivity index (χ3n) is 5.20. The van der Waals surface area contributed by atoms with Crippen LogP contribution in [0.3, 0.4) is 0 Å². The summed E-state index contributed by atoms with van der Waals surface area (Å²) in [6.07, 6.45) is -2.51. The number of carbonyl (C=O) groups excluding carboxylic acids is 1. The Morgan fingerprint density at radius 2 is 1.68 bits per heavy atom. The minimum atomic E-state index is -1.14. The number of amides is 1. The average Bonchev–Trinajstić information content (AvgIpc) is 3.05. The van der Waals surface area contributed by atoms with Gasteiger partial charge >= 0.3 is 12.1 Å². The third-order valence-corrected chi connectivity index (χ3v) is 5.20. The summed E-state index contributed by atoms with van der Waals surface area (Å²) >= 11 is 0. The fourth-order valence-electron chi connectivity index (χ4n) is 3.82. The number of benzene rings is 2. The van der Waals surface area contributed by atoms with Crippen LogP contribution in [0.2, 0.25) is 0 Å². The Labute approximate surface area is 162 Å². The molecule has 0 aromatic heterocycles. The van der Waals surface area contributed by atoms with E-state index in [0.29, 0.717) is 0 Å². The summed E-state index contributed by atoms with van der Waals surface area (Å²) in [4.78, 5) is 25.2. The Morgan fingerprint density at radius 1 is 1.07 bits per heavy atom. The molecule has 0 spiro atoms. The Bertz CT molecular complexity index is 852. The summed E-state index contributed by atoms with van der Waals surface area (Å²) in [5.41, 5.74) is 4.54. The first-order valence-electron chi connectivity index (χ1n) is 9.09. The molecule has 146 valence electrons. The topological polar surface area (TPSA) is 85.3 Å². The van der Waals surface area contributed by atoms with Crippen molar-refractivity contribution in [2.24, 2.45) is 0 Å². The number of carbonyl (C=O) groups is 2. The van der Waals surface area contributed by atoms with E-state index in [-0.39, 0.29) is 25.6 Å². The van der Waals surface area contributed by atoms with Crippen molar-refractivity contribution in [2.45, 2.75) is 18.3 Å². The number of hydrogen-bond donors (Lipinski definition) is 1. The number of carboxylic acids is 1. The van der Waals surface area contributed by atoms with Crippen LogP contribution in [0.5, 0.6) is 0 Å². The van der Waals surface area contributed by atoms with E-state index in [2.05, 4.69) is 12.1 Å². The summed E-state index contributed by atoms with van der Waals surface area (Å²) in [6.45, 7) is 0.225. The number of nitrogens with zero attached hydrogens (tertiary/aromatic N) is 1. The van der Waals surface area contributed by atoms with Crippen LogP contribution < -0.4 is 0 Å². The monoisotopic (exact) mass is 383 g/mol. The molecule has 1 heterocycles. The number of fused-ring (bicyclic) bond motifs is 3. The highest BCUT2D eigenvalue weighted by molar-refractivity contribution is 5.79. The molecule has 2 aromatic carbocycles. The highest BCUT2D eigenvalue weighted by Crippen LogP contribution is 2.44. The molecule has 1 aliphatic carbocycles. The van der Waals surface area contributed by atoms with Crippen molar-refractivity contribution in [3.63, 3.8) is 0 Å². The third kappa shape index (κ3) is 3.34. The molecule has 1 aliphatic heterocycles. The summed E-state index contributed by atoms with van der Waals surface area (Å²) < 4.78 is 15.9. The zero-order valence-electron chi connectivity index (χ0n) is 15.4. The van der Waals surface area contributed by atoms with Gasteiger partial charge in [0.05, 0.1) is 13.1 Å². The molecule has 7 nitrogen and oxygen atoms in total. The van der Waals surface area contributed by atoms with Crippen molar-refractivity contribution >= 4 is 12.1 Å². The van der Waals surface area contributed by atoms with E-state index >= 15 is 0 Å². The van der Waals surface area contributed by atoms with Crippen molar-refractivity contribution in [2.75, 3.05) is 26.8 Å². The smallest absolute Gasteiger partial charge is 0.410 e. The molecule has 1 fully saturated rings. The van der Waals surface area contributed by atoms with E-state index < -0.39 is 24.5 Å². The summed E-state index contributed by atoms with van der Waals surface area (Å²) in [5, 5.41) is 9.21. The number of aliphatic carboxylic acids is 1. The molecule has 0 saturated carbocycles. The average molecular weight is 383 g/mol. The number of hydrogen-bond acceptors (Lipinski definition) is 5. The largest absolute Gasteiger partial charge is 0.479 e. The van der Waals surface area contributed by atoms with E-state index in [9.17, 15) is 14.7 Å². The lowest BCUT2D eigenvalue weighted by molar-refractivity contribution is -0.205. The van der Waals surface area contributed by atoms with Crippen LogP contribution in [0.4, 0.5) is 4.79 Å². The fraction of sp³-hybridized carbons (Fsp3) is 0.333. The van der Waals surface area contributed by atoms with Gasteiger partial charge in [0.2, 0.25) is 0 Å². The first-order valence-corrected chi connectivity index (χ1v) is 9.09. The second-order valence-electron chi connectivity index (χ2n) is 6.84. The molecule has 2 atom stereocenters. The van der Waals surface area contributed by atoms with Gasteiger partial charge in [0.15, 0.2) is 12.4 Å². The van der Waals surface area contributed by atoms with Gasteiger partial charge in [0.1, 0.15) is 6.61 Å². The van der Waals surface area contributed by atoms with Crippen LogP contribution in [-0.2, 0) is 19.0 Å². The van der Waals surface area contributed by atoms with E-state index in [1.165, 1.54) is 12.0 Å². The second-order valence-corrected chi connectivity index (χ2v) is 6.84. The van der Waals surface area contributed by atoms with Crippen LogP contribution in [0, 0.1) is 0 Å². The predicted molar refractivity (Wildman–Crippen MR) is 99.9 cm³/mol. The highest BCUT2D eigenvalue weighted by atomic mass is 16.7. The molecule has 7 heteroatoms. The molecule has 2 aromatic rings. The minimum Gasteiger partial charge on any atom is -0.479 e. The van der Waals surface area contributed by atoms with Gasteiger partial charge < -0.3 is 19.3 Å². The standard InChI is InChI=1S/C21H21NO6/c1-26-19-11-22(10-18(28-19)20(23)24)21(25)27-12-17-15-8-4-2-6-13(15)14-7-3-5-9-16(14)17/h2-9,17-19H,10-12H2,1H3,(H,23,24)/t18-,19-/m0/s1. The van der Waals surface area contributed by atoms with E-state index in [0.717, 1.165) is 22.3 Å². The van der Waals surface area contributed by atoms with Crippen molar-refractivity contribution in [1.29, 1.82) is 0 Å². The molecule has 2 aliphatic rings. The van der Waals surface area contributed by atoms with Gasteiger partial charge in [0, 0.05) is 13.0 Å². The van der Waals surface area contributed by atoms with Crippen LogP contribution in [0.15, 0.2) is 48.5 Å². The first-order chi connectivity index (χ1) is 13.6. The molecular weight excluding hydrogens is 362 g/mol.